The molecule has 118 valence electrons. The van der Waals surface area contributed by atoms with E-state index in [0.29, 0.717) is 18.3 Å². The molecule has 0 radical (unpaired) electrons. The molecule has 0 aliphatic rings. The van der Waals surface area contributed by atoms with Crippen molar-refractivity contribution in [2.24, 2.45) is 0 Å². The summed E-state index contributed by atoms with van der Waals surface area (Å²) < 4.78 is 5.68. The molecular formula is C18H18ClN3O. The Bertz CT molecular complexity index is 768. The Morgan fingerprint density at radius 3 is 2.70 bits per heavy atom. The first-order chi connectivity index (χ1) is 11.2. The quantitative estimate of drug-likeness (QED) is 0.694. The van der Waals surface area contributed by atoms with Crippen LogP contribution in [0.2, 0.25) is 5.02 Å². The summed E-state index contributed by atoms with van der Waals surface area (Å²) in [7, 11) is 0. The van der Waals surface area contributed by atoms with E-state index >= 15 is 0 Å². The molecule has 3 rings (SSSR count). The van der Waals surface area contributed by atoms with Crippen LogP contribution < -0.4 is 5.32 Å². The Kier molecular flexibility index (Phi) is 5.05. The second-order valence-electron chi connectivity index (χ2n) is 5.42. The molecule has 2 aromatic carbocycles. The second-order valence-corrected chi connectivity index (χ2v) is 5.86. The van der Waals surface area contributed by atoms with Crippen LogP contribution in [0.1, 0.15) is 17.0 Å². The smallest absolute Gasteiger partial charge is 0.247 e. The second kappa shape index (κ2) is 7.40. The number of nitrogens with zero attached hydrogens (tertiary/aromatic N) is 2. The van der Waals surface area contributed by atoms with E-state index in [-0.39, 0.29) is 0 Å². The van der Waals surface area contributed by atoms with Crippen LogP contribution in [0.15, 0.2) is 52.9 Å². The normalized spacial score (nSPS) is 10.9. The van der Waals surface area contributed by atoms with Crippen LogP contribution in [0.5, 0.6) is 0 Å². The first-order valence-electron chi connectivity index (χ1n) is 7.55. The fourth-order valence-corrected chi connectivity index (χ4v) is 2.47. The summed E-state index contributed by atoms with van der Waals surface area (Å²) in [4.78, 5) is 0. The summed E-state index contributed by atoms with van der Waals surface area (Å²) in [5, 5.41) is 12.2. The third-order valence-electron chi connectivity index (χ3n) is 3.52. The van der Waals surface area contributed by atoms with Crippen molar-refractivity contribution in [1.82, 2.24) is 15.5 Å². The van der Waals surface area contributed by atoms with E-state index in [1.54, 1.807) is 0 Å². The van der Waals surface area contributed by atoms with Crippen molar-refractivity contribution in [2.75, 3.05) is 6.54 Å². The van der Waals surface area contributed by atoms with Crippen LogP contribution >= 0.6 is 11.6 Å². The van der Waals surface area contributed by atoms with E-state index in [1.165, 1.54) is 11.1 Å². The van der Waals surface area contributed by atoms with Gasteiger partial charge in [-0.3, -0.25) is 0 Å². The zero-order valence-electron chi connectivity index (χ0n) is 12.9. The van der Waals surface area contributed by atoms with Crippen molar-refractivity contribution >= 4 is 11.6 Å². The lowest BCUT2D eigenvalue weighted by Crippen LogP contribution is -2.16. The third kappa shape index (κ3) is 4.41. The van der Waals surface area contributed by atoms with Gasteiger partial charge in [0.25, 0.3) is 0 Å². The minimum atomic E-state index is 0.552. The minimum Gasteiger partial charge on any atom is -0.419 e. The van der Waals surface area contributed by atoms with Crippen molar-refractivity contribution in [1.29, 1.82) is 0 Å². The van der Waals surface area contributed by atoms with Crippen molar-refractivity contribution < 1.29 is 4.42 Å². The molecule has 0 saturated heterocycles. The molecule has 1 heterocycles. The fraction of sp³-hybridized carbons (Fsp3) is 0.222. The molecule has 4 nitrogen and oxygen atoms in total. The highest BCUT2D eigenvalue weighted by molar-refractivity contribution is 6.30. The molecule has 0 bridgehead atoms. The highest BCUT2D eigenvalue weighted by Gasteiger charge is 2.07. The summed E-state index contributed by atoms with van der Waals surface area (Å²) in [6.07, 6.45) is 0.902. The number of hydrogen-bond acceptors (Lipinski definition) is 4. The highest BCUT2D eigenvalue weighted by atomic mass is 35.5. The van der Waals surface area contributed by atoms with Crippen LogP contribution in [-0.2, 0) is 13.0 Å². The van der Waals surface area contributed by atoms with Gasteiger partial charge in [0.2, 0.25) is 11.8 Å². The van der Waals surface area contributed by atoms with E-state index in [1.807, 2.05) is 49.4 Å². The Morgan fingerprint density at radius 1 is 1.09 bits per heavy atom. The highest BCUT2D eigenvalue weighted by Crippen LogP contribution is 2.18. The third-order valence-corrected chi connectivity index (χ3v) is 3.76. The molecule has 0 aliphatic carbocycles. The Morgan fingerprint density at radius 2 is 1.91 bits per heavy atom. The van der Waals surface area contributed by atoms with Crippen LogP contribution in [0.25, 0.3) is 11.5 Å². The average Bonchev–Trinajstić information content (AvgIpc) is 3.01. The molecule has 0 saturated carbocycles. The monoisotopic (exact) mass is 327 g/mol. The molecule has 0 aliphatic heterocycles. The maximum atomic E-state index is 5.97. The van der Waals surface area contributed by atoms with E-state index in [0.717, 1.165) is 23.6 Å². The van der Waals surface area contributed by atoms with Crippen molar-refractivity contribution in [2.45, 2.75) is 19.9 Å². The lowest BCUT2D eigenvalue weighted by Gasteiger charge is -2.03. The van der Waals surface area contributed by atoms with Crippen molar-refractivity contribution in [3.05, 3.63) is 70.6 Å². The predicted molar refractivity (Wildman–Crippen MR) is 91.3 cm³/mol. The van der Waals surface area contributed by atoms with Gasteiger partial charge in [-0.05, 0) is 49.7 Å². The predicted octanol–water partition coefficient (Wildman–Crippen LogP) is 4.03. The van der Waals surface area contributed by atoms with E-state index in [2.05, 4.69) is 21.6 Å². The molecule has 0 amide bonds. The molecule has 23 heavy (non-hydrogen) atoms. The molecular weight excluding hydrogens is 310 g/mol. The number of rotatable bonds is 6. The topological polar surface area (TPSA) is 51.0 Å². The van der Waals surface area contributed by atoms with Gasteiger partial charge in [-0.15, -0.1) is 10.2 Å². The molecule has 5 heteroatoms. The van der Waals surface area contributed by atoms with E-state index < -0.39 is 0 Å². The maximum Gasteiger partial charge on any atom is 0.247 e. The lowest BCUT2D eigenvalue weighted by atomic mass is 10.1. The molecule has 0 spiro atoms. The summed E-state index contributed by atoms with van der Waals surface area (Å²) in [6.45, 7) is 3.43. The van der Waals surface area contributed by atoms with Crippen molar-refractivity contribution in [3.8, 4) is 11.5 Å². The summed E-state index contributed by atoms with van der Waals surface area (Å²) in [5.41, 5.74) is 3.35. The lowest BCUT2D eigenvalue weighted by molar-refractivity contribution is 0.478. The van der Waals surface area contributed by atoms with Crippen LogP contribution in [0, 0.1) is 6.92 Å². The van der Waals surface area contributed by atoms with Gasteiger partial charge in [0.05, 0.1) is 6.54 Å². The molecule has 3 aromatic rings. The van der Waals surface area contributed by atoms with Gasteiger partial charge in [0.15, 0.2) is 0 Å². The number of benzene rings is 2. The van der Waals surface area contributed by atoms with E-state index in [9.17, 15) is 0 Å². The molecule has 1 N–H and O–H groups in total. The number of hydrogen-bond donors (Lipinski definition) is 1. The number of aryl methyl sites for hydroxylation is 1. The maximum absolute atomic E-state index is 5.97. The van der Waals surface area contributed by atoms with Crippen LogP contribution in [-0.4, -0.2) is 16.7 Å². The summed E-state index contributed by atoms with van der Waals surface area (Å²) in [6, 6.07) is 15.9. The summed E-state index contributed by atoms with van der Waals surface area (Å²) >= 11 is 5.97. The van der Waals surface area contributed by atoms with Gasteiger partial charge >= 0.3 is 0 Å². The minimum absolute atomic E-state index is 0.552. The molecule has 1 aromatic heterocycles. The fourth-order valence-electron chi connectivity index (χ4n) is 2.26. The Labute approximate surface area is 140 Å². The van der Waals surface area contributed by atoms with Gasteiger partial charge in [0.1, 0.15) is 0 Å². The summed E-state index contributed by atoms with van der Waals surface area (Å²) in [5.74, 6) is 1.14. The molecule has 0 unspecified atom stereocenters. The largest absolute Gasteiger partial charge is 0.419 e. The standard InChI is InChI=1S/C18H18ClN3O/c1-13-5-7-15(8-6-13)18-22-21-17(23-18)12-20-10-9-14-3-2-4-16(19)11-14/h2-8,11,20H,9-10,12H2,1H3. The van der Waals surface area contributed by atoms with Gasteiger partial charge in [0, 0.05) is 10.6 Å². The Balaban J connectivity index is 1.50. The molecule has 0 atom stereocenters. The first kappa shape index (κ1) is 15.7. The Hall–Kier alpha value is -2.17. The SMILES string of the molecule is Cc1ccc(-c2nnc(CNCCc3cccc(Cl)c3)o2)cc1. The first-order valence-corrected chi connectivity index (χ1v) is 7.93. The number of nitrogens with one attached hydrogen (secondary N) is 1. The van der Waals surface area contributed by atoms with Gasteiger partial charge in [-0.2, -0.15) is 0 Å². The van der Waals surface area contributed by atoms with Gasteiger partial charge < -0.3 is 9.73 Å². The average molecular weight is 328 g/mol. The molecule has 0 fully saturated rings. The van der Waals surface area contributed by atoms with Crippen LogP contribution in [0.4, 0.5) is 0 Å². The number of aromatic nitrogens is 2. The van der Waals surface area contributed by atoms with Crippen LogP contribution in [0.3, 0.4) is 0 Å². The zero-order chi connectivity index (χ0) is 16.1. The van der Waals surface area contributed by atoms with E-state index in [4.69, 9.17) is 16.0 Å². The number of halogens is 1. The van der Waals surface area contributed by atoms with Crippen molar-refractivity contribution in [3.63, 3.8) is 0 Å². The van der Waals surface area contributed by atoms with Gasteiger partial charge in [-0.25, -0.2) is 0 Å². The van der Waals surface area contributed by atoms with Gasteiger partial charge in [-0.1, -0.05) is 41.4 Å². The zero-order valence-corrected chi connectivity index (χ0v) is 13.7.